The average molecular weight is 264 g/mol. The normalized spacial score (nSPS) is 14.8. The molecule has 102 valence electrons. The fourth-order valence-electron chi connectivity index (χ4n) is 2.79. The first-order valence-electron chi connectivity index (χ1n) is 7.51. The number of rotatable bonds is 4. The lowest BCUT2D eigenvalue weighted by Crippen LogP contribution is -2.08. The zero-order valence-electron chi connectivity index (χ0n) is 11.9. The van der Waals surface area contributed by atoms with Crippen molar-refractivity contribution in [1.29, 1.82) is 0 Å². The van der Waals surface area contributed by atoms with Gasteiger partial charge in [-0.1, -0.05) is 55.8 Å². The fraction of sp³-hybridized carbons (Fsp3) is 0.316. The van der Waals surface area contributed by atoms with Crippen LogP contribution in [-0.4, -0.2) is 5.78 Å². The molecule has 0 atom stereocenters. The quantitative estimate of drug-likeness (QED) is 0.692. The molecule has 0 bridgehead atoms. The Bertz CT molecular complexity index is 623. The number of carbonyl (C=O) groups excluding carboxylic acids is 1. The van der Waals surface area contributed by atoms with Gasteiger partial charge in [0.25, 0.3) is 0 Å². The SMILES string of the molecule is CCC(=O)c1cccc(-c2cccc(C3CCC3)c2)c1. The van der Waals surface area contributed by atoms with E-state index in [0.29, 0.717) is 6.42 Å². The van der Waals surface area contributed by atoms with Crippen LogP contribution in [0, 0.1) is 0 Å². The summed E-state index contributed by atoms with van der Waals surface area (Å²) in [6.07, 6.45) is 4.55. The molecule has 2 aromatic carbocycles. The molecule has 2 aromatic rings. The molecule has 1 fully saturated rings. The Kier molecular flexibility index (Phi) is 3.68. The average Bonchev–Trinajstić information content (AvgIpc) is 2.45. The smallest absolute Gasteiger partial charge is 0.162 e. The Morgan fingerprint density at radius 1 is 1.05 bits per heavy atom. The van der Waals surface area contributed by atoms with Crippen LogP contribution in [0.15, 0.2) is 48.5 Å². The van der Waals surface area contributed by atoms with Crippen molar-refractivity contribution in [3.8, 4) is 11.1 Å². The molecule has 3 rings (SSSR count). The molecule has 0 N–H and O–H groups in total. The topological polar surface area (TPSA) is 17.1 Å². The minimum absolute atomic E-state index is 0.210. The second-order valence-electron chi connectivity index (χ2n) is 5.61. The monoisotopic (exact) mass is 264 g/mol. The van der Waals surface area contributed by atoms with Crippen molar-refractivity contribution in [2.45, 2.75) is 38.5 Å². The third-order valence-corrected chi connectivity index (χ3v) is 4.30. The van der Waals surface area contributed by atoms with Gasteiger partial charge in [-0.05, 0) is 41.5 Å². The summed E-state index contributed by atoms with van der Waals surface area (Å²) < 4.78 is 0. The third-order valence-electron chi connectivity index (χ3n) is 4.30. The van der Waals surface area contributed by atoms with Crippen molar-refractivity contribution in [2.75, 3.05) is 0 Å². The van der Waals surface area contributed by atoms with Crippen LogP contribution in [0.2, 0.25) is 0 Å². The summed E-state index contributed by atoms with van der Waals surface area (Å²) in [7, 11) is 0. The first-order chi connectivity index (χ1) is 9.78. The van der Waals surface area contributed by atoms with Gasteiger partial charge in [-0.15, -0.1) is 0 Å². The molecule has 0 amide bonds. The molecular weight excluding hydrogens is 244 g/mol. The Morgan fingerprint density at radius 2 is 1.75 bits per heavy atom. The van der Waals surface area contributed by atoms with E-state index in [9.17, 15) is 4.79 Å². The number of benzene rings is 2. The summed E-state index contributed by atoms with van der Waals surface area (Å²) in [6, 6.07) is 16.8. The molecule has 1 aliphatic carbocycles. The van der Waals surface area contributed by atoms with E-state index in [1.54, 1.807) is 0 Å². The highest BCUT2D eigenvalue weighted by Crippen LogP contribution is 2.37. The summed E-state index contributed by atoms with van der Waals surface area (Å²) in [5.74, 6) is 0.956. The molecule has 20 heavy (non-hydrogen) atoms. The van der Waals surface area contributed by atoms with Crippen molar-refractivity contribution in [2.24, 2.45) is 0 Å². The van der Waals surface area contributed by atoms with Crippen LogP contribution in [-0.2, 0) is 0 Å². The highest BCUT2D eigenvalue weighted by Gasteiger charge is 2.19. The standard InChI is InChI=1S/C19H20O/c1-2-19(20)18-11-5-10-17(13-18)16-9-4-8-15(12-16)14-6-3-7-14/h4-5,8-14H,2-3,6-7H2,1H3. The molecule has 1 nitrogen and oxygen atoms in total. The van der Waals surface area contributed by atoms with Gasteiger partial charge in [0.2, 0.25) is 0 Å². The lowest BCUT2D eigenvalue weighted by atomic mass is 9.79. The van der Waals surface area contributed by atoms with Gasteiger partial charge in [0.1, 0.15) is 0 Å². The number of carbonyl (C=O) groups is 1. The van der Waals surface area contributed by atoms with Crippen LogP contribution in [0.25, 0.3) is 11.1 Å². The van der Waals surface area contributed by atoms with Crippen LogP contribution in [0.3, 0.4) is 0 Å². The number of ketones is 1. The number of hydrogen-bond acceptors (Lipinski definition) is 1. The van der Waals surface area contributed by atoms with E-state index < -0.39 is 0 Å². The molecule has 0 aromatic heterocycles. The van der Waals surface area contributed by atoms with Crippen molar-refractivity contribution in [1.82, 2.24) is 0 Å². The fourth-order valence-corrected chi connectivity index (χ4v) is 2.79. The van der Waals surface area contributed by atoms with Crippen LogP contribution in [0.5, 0.6) is 0 Å². The van der Waals surface area contributed by atoms with Crippen LogP contribution >= 0.6 is 0 Å². The highest BCUT2D eigenvalue weighted by atomic mass is 16.1. The maximum absolute atomic E-state index is 11.8. The molecule has 0 radical (unpaired) electrons. The van der Waals surface area contributed by atoms with Crippen molar-refractivity contribution >= 4 is 5.78 Å². The summed E-state index contributed by atoms with van der Waals surface area (Å²) in [5, 5.41) is 0. The molecule has 1 aliphatic rings. The molecule has 0 unspecified atom stereocenters. The van der Waals surface area contributed by atoms with Gasteiger partial charge in [-0.25, -0.2) is 0 Å². The van der Waals surface area contributed by atoms with Gasteiger partial charge in [0, 0.05) is 12.0 Å². The molecule has 1 heteroatoms. The zero-order valence-corrected chi connectivity index (χ0v) is 11.9. The largest absolute Gasteiger partial charge is 0.294 e. The lowest BCUT2D eigenvalue weighted by molar-refractivity contribution is 0.0988. The Hall–Kier alpha value is -1.89. The van der Waals surface area contributed by atoms with E-state index in [-0.39, 0.29) is 5.78 Å². The van der Waals surface area contributed by atoms with Gasteiger partial charge in [-0.2, -0.15) is 0 Å². The second kappa shape index (κ2) is 5.62. The summed E-state index contributed by atoms with van der Waals surface area (Å²) in [6.45, 7) is 1.91. The van der Waals surface area contributed by atoms with E-state index in [1.807, 2.05) is 25.1 Å². The lowest BCUT2D eigenvalue weighted by Gasteiger charge is -2.26. The third kappa shape index (κ3) is 2.53. The van der Waals surface area contributed by atoms with Gasteiger partial charge in [0.05, 0.1) is 0 Å². The van der Waals surface area contributed by atoms with Gasteiger partial charge in [-0.3, -0.25) is 4.79 Å². The van der Waals surface area contributed by atoms with Gasteiger partial charge in [0.15, 0.2) is 5.78 Å². The number of hydrogen-bond donors (Lipinski definition) is 0. The van der Waals surface area contributed by atoms with Crippen molar-refractivity contribution in [3.63, 3.8) is 0 Å². The number of Topliss-reactive ketones (excluding diaryl/α,β-unsaturated/α-hetero) is 1. The van der Waals surface area contributed by atoms with E-state index in [4.69, 9.17) is 0 Å². The Labute approximate surface area is 120 Å². The summed E-state index contributed by atoms with van der Waals surface area (Å²) >= 11 is 0. The van der Waals surface area contributed by atoms with Gasteiger partial charge >= 0.3 is 0 Å². The van der Waals surface area contributed by atoms with E-state index in [2.05, 4.69) is 30.3 Å². The van der Waals surface area contributed by atoms with E-state index in [0.717, 1.165) is 17.0 Å². The maximum atomic E-state index is 11.8. The molecule has 0 aliphatic heterocycles. The van der Waals surface area contributed by atoms with Crippen LogP contribution < -0.4 is 0 Å². The summed E-state index contributed by atoms with van der Waals surface area (Å²) in [5.41, 5.74) is 4.63. The van der Waals surface area contributed by atoms with Crippen LogP contribution in [0.1, 0.15) is 54.4 Å². The molecule has 1 saturated carbocycles. The minimum Gasteiger partial charge on any atom is -0.294 e. The summed E-state index contributed by atoms with van der Waals surface area (Å²) in [4.78, 5) is 11.8. The van der Waals surface area contributed by atoms with Crippen molar-refractivity contribution < 1.29 is 4.79 Å². The predicted octanol–water partition coefficient (Wildman–Crippen LogP) is 5.21. The minimum atomic E-state index is 0.210. The molecule has 0 heterocycles. The maximum Gasteiger partial charge on any atom is 0.162 e. The van der Waals surface area contributed by atoms with E-state index >= 15 is 0 Å². The van der Waals surface area contributed by atoms with E-state index in [1.165, 1.54) is 30.4 Å². The van der Waals surface area contributed by atoms with Crippen LogP contribution in [0.4, 0.5) is 0 Å². The zero-order chi connectivity index (χ0) is 13.9. The Balaban J connectivity index is 1.94. The first kappa shape index (κ1) is 13.1. The second-order valence-corrected chi connectivity index (χ2v) is 5.61. The highest BCUT2D eigenvalue weighted by molar-refractivity contribution is 5.97. The molecular formula is C19H20O. The van der Waals surface area contributed by atoms with Gasteiger partial charge < -0.3 is 0 Å². The molecule has 0 spiro atoms. The first-order valence-corrected chi connectivity index (χ1v) is 7.51. The molecule has 0 saturated heterocycles. The Morgan fingerprint density at radius 3 is 2.40 bits per heavy atom. The predicted molar refractivity (Wildman–Crippen MR) is 83.1 cm³/mol. The van der Waals surface area contributed by atoms with Crippen molar-refractivity contribution in [3.05, 3.63) is 59.7 Å².